The summed E-state index contributed by atoms with van der Waals surface area (Å²) in [6.07, 6.45) is 0.642. The molecule has 6 heteroatoms. The fourth-order valence-electron chi connectivity index (χ4n) is 3.94. The summed E-state index contributed by atoms with van der Waals surface area (Å²) in [4.78, 5) is 26.3. The van der Waals surface area contributed by atoms with Crippen LogP contribution < -0.4 is 15.0 Å². The summed E-state index contributed by atoms with van der Waals surface area (Å²) in [5, 5.41) is 0. The quantitative estimate of drug-likeness (QED) is 0.602. The SMILES string of the molecule is CCOC(=O)c1cc(-c2ccccc2)c(=O)n2c1-c1cc(OC)c(OC)cc1CC2. The number of aryl methyl sites for hydroxylation is 1. The highest BCUT2D eigenvalue weighted by Gasteiger charge is 2.28. The maximum atomic E-state index is 13.4. The molecule has 0 bridgehead atoms. The molecule has 0 spiro atoms. The van der Waals surface area contributed by atoms with E-state index in [1.54, 1.807) is 31.8 Å². The van der Waals surface area contributed by atoms with E-state index < -0.39 is 5.97 Å². The number of fused-ring (bicyclic) bond motifs is 3. The fraction of sp³-hybridized carbons (Fsp3) is 0.250. The number of carbonyl (C=O) groups excluding carboxylic acids is 1. The van der Waals surface area contributed by atoms with Gasteiger partial charge in [0.25, 0.3) is 5.56 Å². The van der Waals surface area contributed by atoms with E-state index >= 15 is 0 Å². The van der Waals surface area contributed by atoms with Crippen LogP contribution in [-0.4, -0.2) is 31.4 Å². The number of nitrogens with zero attached hydrogens (tertiary/aromatic N) is 1. The summed E-state index contributed by atoms with van der Waals surface area (Å²) in [5.41, 5.74) is 3.80. The molecular formula is C24H23NO5. The first-order valence-electron chi connectivity index (χ1n) is 9.84. The highest BCUT2D eigenvalue weighted by atomic mass is 16.5. The molecule has 0 saturated carbocycles. The number of hydrogen-bond acceptors (Lipinski definition) is 5. The Morgan fingerprint density at radius 3 is 2.37 bits per heavy atom. The minimum absolute atomic E-state index is 0.135. The second-order valence-corrected chi connectivity index (χ2v) is 6.98. The van der Waals surface area contributed by atoms with E-state index in [9.17, 15) is 9.59 Å². The number of aromatic nitrogens is 1. The Morgan fingerprint density at radius 1 is 1.00 bits per heavy atom. The van der Waals surface area contributed by atoms with Crippen molar-refractivity contribution in [1.29, 1.82) is 0 Å². The Kier molecular flexibility index (Phi) is 5.31. The van der Waals surface area contributed by atoms with Crippen molar-refractivity contribution in [2.75, 3.05) is 20.8 Å². The van der Waals surface area contributed by atoms with Crippen LogP contribution in [-0.2, 0) is 17.7 Å². The molecule has 0 aliphatic carbocycles. The standard InChI is InChI=1S/C24H23NO5/c1-4-30-24(27)19-13-18(15-8-6-5-7-9-15)23(26)25-11-10-16-12-20(28-2)21(29-3)14-17(16)22(19)25/h5-9,12-14H,4,10-11H2,1-3H3. The van der Waals surface area contributed by atoms with Gasteiger partial charge in [-0.3, -0.25) is 4.79 Å². The molecule has 2 aromatic carbocycles. The Labute approximate surface area is 174 Å². The van der Waals surface area contributed by atoms with Gasteiger partial charge in [-0.1, -0.05) is 30.3 Å². The normalized spacial score (nSPS) is 12.0. The van der Waals surface area contributed by atoms with E-state index in [0.717, 1.165) is 16.7 Å². The van der Waals surface area contributed by atoms with E-state index in [2.05, 4.69) is 0 Å². The number of carbonyl (C=O) groups is 1. The number of pyridine rings is 1. The molecule has 0 N–H and O–H groups in total. The van der Waals surface area contributed by atoms with Crippen LogP contribution in [0, 0.1) is 0 Å². The van der Waals surface area contributed by atoms with E-state index in [1.807, 2.05) is 42.5 Å². The number of rotatable bonds is 5. The second kappa shape index (κ2) is 8.06. The fourth-order valence-corrected chi connectivity index (χ4v) is 3.94. The lowest BCUT2D eigenvalue weighted by Crippen LogP contribution is -2.30. The molecule has 1 aromatic heterocycles. The molecule has 1 aliphatic rings. The van der Waals surface area contributed by atoms with Gasteiger partial charge in [0.2, 0.25) is 0 Å². The third kappa shape index (κ3) is 3.24. The summed E-state index contributed by atoms with van der Waals surface area (Å²) >= 11 is 0. The summed E-state index contributed by atoms with van der Waals surface area (Å²) in [6, 6.07) is 14.7. The number of hydrogen-bond donors (Lipinski definition) is 0. The molecule has 4 rings (SSSR count). The molecule has 0 atom stereocenters. The molecule has 0 radical (unpaired) electrons. The molecule has 0 unspecified atom stereocenters. The largest absolute Gasteiger partial charge is 0.493 e. The van der Waals surface area contributed by atoms with Crippen LogP contribution >= 0.6 is 0 Å². The van der Waals surface area contributed by atoms with Gasteiger partial charge in [-0.2, -0.15) is 0 Å². The van der Waals surface area contributed by atoms with Crippen LogP contribution in [0.2, 0.25) is 0 Å². The molecule has 2 heterocycles. The first-order chi connectivity index (χ1) is 14.6. The Bertz CT molecular complexity index is 1160. The number of benzene rings is 2. The van der Waals surface area contributed by atoms with Gasteiger partial charge < -0.3 is 18.8 Å². The first kappa shape index (κ1) is 19.8. The van der Waals surface area contributed by atoms with Gasteiger partial charge in [0.15, 0.2) is 11.5 Å². The zero-order valence-electron chi connectivity index (χ0n) is 17.2. The van der Waals surface area contributed by atoms with E-state index in [1.165, 1.54) is 0 Å². The van der Waals surface area contributed by atoms with Crippen LogP contribution in [0.5, 0.6) is 11.5 Å². The van der Waals surface area contributed by atoms with Crippen LogP contribution in [0.15, 0.2) is 53.3 Å². The van der Waals surface area contributed by atoms with Gasteiger partial charge in [0.1, 0.15) is 0 Å². The van der Waals surface area contributed by atoms with Crippen molar-refractivity contribution in [3.63, 3.8) is 0 Å². The molecule has 0 amide bonds. The summed E-state index contributed by atoms with van der Waals surface area (Å²) in [6.45, 7) is 2.47. The molecule has 1 aliphatic heterocycles. The van der Waals surface area contributed by atoms with Crippen molar-refractivity contribution in [3.05, 3.63) is 70.0 Å². The molecule has 3 aromatic rings. The smallest absolute Gasteiger partial charge is 0.340 e. The van der Waals surface area contributed by atoms with E-state index in [4.69, 9.17) is 14.2 Å². The lowest BCUT2D eigenvalue weighted by atomic mass is 9.92. The number of ether oxygens (including phenoxy) is 3. The van der Waals surface area contributed by atoms with Crippen molar-refractivity contribution in [3.8, 4) is 33.9 Å². The van der Waals surface area contributed by atoms with Gasteiger partial charge >= 0.3 is 5.97 Å². The molecule has 154 valence electrons. The highest BCUT2D eigenvalue weighted by molar-refractivity contribution is 5.98. The molecular weight excluding hydrogens is 382 g/mol. The van der Waals surface area contributed by atoms with Gasteiger partial charge in [-0.05, 0) is 42.7 Å². The minimum Gasteiger partial charge on any atom is -0.493 e. The van der Waals surface area contributed by atoms with Crippen molar-refractivity contribution >= 4 is 5.97 Å². The van der Waals surface area contributed by atoms with Gasteiger partial charge in [0.05, 0.1) is 32.1 Å². The highest BCUT2D eigenvalue weighted by Crippen LogP contribution is 2.40. The monoisotopic (exact) mass is 405 g/mol. The summed E-state index contributed by atoms with van der Waals surface area (Å²) in [5.74, 6) is 0.700. The van der Waals surface area contributed by atoms with Crippen LogP contribution in [0.3, 0.4) is 0 Å². The third-order valence-electron chi connectivity index (χ3n) is 5.34. The molecule has 6 nitrogen and oxygen atoms in total. The molecule has 30 heavy (non-hydrogen) atoms. The number of esters is 1. The Morgan fingerprint density at radius 2 is 1.70 bits per heavy atom. The topological polar surface area (TPSA) is 66.8 Å². The maximum Gasteiger partial charge on any atom is 0.340 e. The van der Waals surface area contributed by atoms with Crippen molar-refractivity contribution in [2.45, 2.75) is 19.9 Å². The third-order valence-corrected chi connectivity index (χ3v) is 5.34. The van der Waals surface area contributed by atoms with Crippen LogP contribution in [0.1, 0.15) is 22.8 Å². The van der Waals surface area contributed by atoms with Gasteiger partial charge in [-0.15, -0.1) is 0 Å². The predicted octanol–water partition coefficient (Wildman–Crippen LogP) is 3.93. The average molecular weight is 405 g/mol. The predicted molar refractivity (Wildman–Crippen MR) is 114 cm³/mol. The van der Waals surface area contributed by atoms with Crippen molar-refractivity contribution in [1.82, 2.24) is 4.57 Å². The lowest BCUT2D eigenvalue weighted by Gasteiger charge is -2.26. The number of methoxy groups -OCH3 is 2. The Hall–Kier alpha value is -3.54. The van der Waals surface area contributed by atoms with Crippen LogP contribution in [0.25, 0.3) is 22.4 Å². The van der Waals surface area contributed by atoms with Crippen molar-refractivity contribution in [2.24, 2.45) is 0 Å². The Balaban J connectivity index is 2.03. The molecule has 0 saturated heterocycles. The van der Waals surface area contributed by atoms with Crippen LogP contribution in [0.4, 0.5) is 0 Å². The zero-order chi connectivity index (χ0) is 21.3. The van der Waals surface area contributed by atoms with Gasteiger partial charge in [-0.25, -0.2) is 4.79 Å². The van der Waals surface area contributed by atoms with Gasteiger partial charge in [0, 0.05) is 17.7 Å². The lowest BCUT2D eigenvalue weighted by molar-refractivity contribution is 0.0526. The summed E-state index contributed by atoms with van der Waals surface area (Å²) < 4.78 is 17.9. The van der Waals surface area contributed by atoms with E-state index in [0.29, 0.717) is 41.3 Å². The zero-order valence-corrected chi connectivity index (χ0v) is 17.2. The van der Waals surface area contributed by atoms with Crippen molar-refractivity contribution < 1.29 is 19.0 Å². The average Bonchev–Trinajstić information content (AvgIpc) is 2.78. The maximum absolute atomic E-state index is 13.4. The second-order valence-electron chi connectivity index (χ2n) is 6.98. The summed E-state index contributed by atoms with van der Waals surface area (Å²) in [7, 11) is 3.15. The molecule has 0 fully saturated rings. The van der Waals surface area contributed by atoms with E-state index in [-0.39, 0.29) is 12.2 Å². The minimum atomic E-state index is -0.457. The first-order valence-corrected chi connectivity index (χ1v) is 9.84.